The molecule has 0 radical (unpaired) electrons. The molecule has 3 aromatic carbocycles. The number of nitrogens with zero attached hydrogens (tertiary/aromatic N) is 3. The molecule has 11 heteroatoms. The minimum Gasteiger partial charge on any atom is -0.492 e. The SMILES string of the molecule is CCc1cc(C(C)(C)c2ccc(OCc3ccnc(SC)n3)cc2)cc(C#N)c1OCCCOC(=O)Nc1ccc(C(=O)C(C)C)c(C(C)=O)c1. The minimum atomic E-state index is -0.693. The molecule has 0 aliphatic rings. The van der Waals surface area contributed by atoms with Crippen molar-refractivity contribution in [1.29, 1.82) is 5.26 Å². The Bertz CT molecular complexity index is 1920. The van der Waals surface area contributed by atoms with Crippen LogP contribution in [-0.4, -0.2) is 47.1 Å². The number of ether oxygens (including phenoxy) is 3. The summed E-state index contributed by atoms with van der Waals surface area (Å²) >= 11 is 1.48. The average Bonchev–Trinajstić information content (AvgIpc) is 3.13. The normalized spacial score (nSPS) is 11.1. The topological polar surface area (TPSA) is 140 Å². The largest absolute Gasteiger partial charge is 0.492 e. The molecule has 51 heavy (non-hydrogen) atoms. The Morgan fingerprint density at radius 2 is 1.71 bits per heavy atom. The van der Waals surface area contributed by atoms with Crippen molar-refractivity contribution in [3.8, 4) is 17.6 Å². The number of carbonyl (C=O) groups is 3. The van der Waals surface area contributed by atoms with Crippen LogP contribution in [0.25, 0.3) is 0 Å². The molecular formula is C40H44N4O6S. The number of Topliss-reactive ketones (excluding diaryl/α,β-unsaturated/α-hetero) is 2. The van der Waals surface area contributed by atoms with Crippen LogP contribution in [0.5, 0.6) is 11.5 Å². The van der Waals surface area contributed by atoms with Gasteiger partial charge in [0.05, 0.1) is 24.5 Å². The summed E-state index contributed by atoms with van der Waals surface area (Å²) in [6.07, 6.45) is 4.01. The number of amides is 1. The van der Waals surface area contributed by atoms with Crippen LogP contribution in [-0.2, 0) is 23.2 Å². The lowest BCUT2D eigenvalue weighted by molar-refractivity contribution is 0.0927. The van der Waals surface area contributed by atoms with E-state index in [1.54, 1.807) is 32.2 Å². The molecule has 10 nitrogen and oxygen atoms in total. The van der Waals surface area contributed by atoms with Gasteiger partial charge in [0.1, 0.15) is 24.2 Å². The Morgan fingerprint density at radius 1 is 0.961 bits per heavy atom. The zero-order valence-corrected chi connectivity index (χ0v) is 31.0. The standard InChI is InChI=1S/C40H44N4O6S/c1-8-27-20-30(40(5,6)29-10-13-33(14-11-29)50-24-32-16-17-42-38(43-32)51-7)21-28(23-41)37(27)48-18-9-19-49-39(47)44-31-12-15-34(36(46)25(2)3)35(22-31)26(4)45/h10-17,20-22,25H,8-9,18-19,24H2,1-7H3,(H,44,47). The van der Waals surface area contributed by atoms with E-state index in [1.165, 1.54) is 24.8 Å². The maximum Gasteiger partial charge on any atom is 0.411 e. The number of ketones is 2. The highest BCUT2D eigenvalue weighted by molar-refractivity contribution is 7.98. The van der Waals surface area contributed by atoms with Crippen LogP contribution >= 0.6 is 11.8 Å². The monoisotopic (exact) mass is 708 g/mol. The highest BCUT2D eigenvalue weighted by Crippen LogP contribution is 2.37. The molecule has 1 aromatic heterocycles. The van der Waals surface area contributed by atoms with Gasteiger partial charge >= 0.3 is 6.09 Å². The Kier molecular flexibility index (Phi) is 13.3. The molecule has 266 valence electrons. The van der Waals surface area contributed by atoms with Crippen LogP contribution in [0, 0.1) is 17.2 Å². The van der Waals surface area contributed by atoms with Gasteiger partial charge in [0, 0.05) is 40.8 Å². The maximum absolute atomic E-state index is 12.5. The highest BCUT2D eigenvalue weighted by atomic mass is 32.2. The first-order valence-corrected chi connectivity index (χ1v) is 18.0. The molecule has 0 aliphatic heterocycles. The lowest BCUT2D eigenvalue weighted by Crippen LogP contribution is -2.20. The van der Waals surface area contributed by atoms with E-state index in [0.717, 1.165) is 28.1 Å². The third-order valence-corrected chi connectivity index (χ3v) is 8.99. The molecule has 0 saturated carbocycles. The summed E-state index contributed by atoms with van der Waals surface area (Å²) in [6, 6.07) is 20.6. The lowest BCUT2D eigenvalue weighted by Gasteiger charge is -2.28. The molecule has 4 aromatic rings. The number of aromatic nitrogens is 2. The molecule has 0 atom stereocenters. The van der Waals surface area contributed by atoms with Crippen molar-refractivity contribution >= 4 is 35.1 Å². The lowest BCUT2D eigenvalue weighted by atomic mass is 9.77. The second-order valence-corrected chi connectivity index (χ2v) is 13.5. The summed E-state index contributed by atoms with van der Waals surface area (Å²) in [5.41, 5.74) is 4.71. The third-order valence-electron chi connectivity index (χ3n) is 8.43. The van der Waals surface area contributed by atoms with Crippen molar-refractivity contribution in [2.75, 3.05) is 24.8 Å². The van der Waals surface area contributed by atoms with E-state index in [4.69, 9.17) is 14.2 Å². The van der Waals surface area contributed by atoms with Gasteiger partial charge in [-0.25, -0.2) is 14.8 Å². The van der Waals surface area contributed by atoms with E-state index in [-0.39, 0.29) is 36.3 Å². The van der Waals surface area contributed by atoms with Crippen LogP contribution in [0.1, 0.15) is 96.6 Å². The van der Waals surface area contributed by atoms with E-state index in [9.17, 15) is 19.6 Å². The molecule has 0 saturated heterocycles. The summed E-state index contributed by atoms with van der Waals surface area (Å²) in [7, 11) is 0. The molecule has 1 amide bonds. The van der Waals surface area contributed by atoms with Crippen LogP contribution in [0.2, 0.25) is 0 Å². The summed E-state index contributed by atoms with van der Waals surface area (Å²) in [4.78, 5) is 45.8. The van der Waals surface area contributed by atoms with Crippen molar-refractivity contribution in [3.63, 3.8) is 0 Å². The van der Waals surface area contributed by atoms with Gasteiger partial charge in [-0.2, -0.15) is 5.26 Å². The van der Waals surface area contributed by atoms with Crippen LogP contribution in [0.15, 0.2) is 72.0 Å². The predicted molar refractivity (Wildman–Crippen MR) is 198 cm³/mol. The van der Waals surface area contributed by atoms with E-state index in [2.05, 4.69) is 41.3 Å². The van der Waals surface area contributed by atoms with Crippen LogP contribution in [0.4, 0.5) is 10.5 Å². The summed E-state index contributed by atoms with van der Waals surface area (Å²) in [5.74, 6) is 0.572. The van der Waals surface area contributed by atoms with Crippen LogP contribution < -0.4 is 14.8 Å². The number of carbonyl (C=O) groups excluding carboxylic acids is 3. The number of hydrogen-bond donors (Lipinski definition) is 1. The number of aryl methyl sites for hydroxylation is 1. The zero-order valence-electron chi connectivity index (χ0n) is 30.2. The van der Waals surface area contributed by atoms with Gasteiger partial charge in [0.15, 0.2) is 16.7 Å². The fourth-order valence-electron chi connectivity index (χ4n) is 5.40. The Labute approximate surface area is 304 Å². The molecule has 0 spiro atoms. The molecule has 0 fully saturated rings. The van der Waals surface area contributed by atoms with Gasteiger partial charge in [-0.3, -0.25) is 14.9 Å². The number of benzene rings is 3. The Hall–Kier alpha value is -5.21. The first-order valence-electron chi connectivity index (χ1n) is 16.8. The van der Waals surface area contributed by atoms with Crippen molar-refractivity contribution in [3.05, 3.63) is 106 Å². The van der Waals surface area contributed by atoms with Crippen molar-refractivity contribution in [1.82, 2.24) is 9.97 Å². The van der Waals surface area contributed by atoms with E-state index >= 15 is 0 Å². The summed E-state index contributed by atoms with van der Waals surface area (Å²) < 4.78 is 17.4. The fraction of sp³-hybridized carbons (Fsp3) is 0.350. The maximum atomic E-state index is 12.5. The van der Waals surface area contributed by atoms with E-state index < -0.39 is 11.5 Å². The van der Waals surface area contributed by atoms with E-state index in [1.807, 2.05) is 49.6 Å². The fourth-order valence-corrected chi connectivity index (χ4v) is 5.78. The molecule has 1 heterocycles. The van der Waals surface area contributed by atoms with Crippen LogP contribution in [0.3, 0.4) is 0 Å². The smallest absolute Gasteiger partial charge is 0.411 e. The summed E-state index contributed by atoms with van der Waals surface area (Å²) in [5, 5.41) is 13.4. The molecular weight excluding hydrogens is 665 g/mol. The second kappa shape index (κ2) is 17.6. The van der Waals surface area contributed by atoms with Crippen molar-refractivity contribution in [2.24, 2.45) is 5.92 Å². The number of nitrogens with one attached hydrogen (secondary N) is 1. The minimum absolute atomic E-state index is 0.0708. The third kappa shape index (κ3) is 9.95. The molecule has 0 bridgehead atoms. The first-order chi connectivity index (χ1) is 24.4. The molecule has 0 aliphatic carbocycles. The molecule has 0 unspecified atom stereocenters. The number of thioether (sulfide) groups is 1. The highest BCUT2D eigenvalue weighted by Gasteiger charge is 2.26. The Balaban J connectivity index is 1.34. The summed E-state index contributed by atoms with van der Waals surface area (Å²) in [6.45, 7) is 11.8. The van der Waals surface area contributed by atoms with Gasteiger partial charge < -0.3 is 14.2 Å². The van der Waals surface area contributed by atoms with Gasteiger partial charge in [-0.1, -0.05) is 64.6 Å². The van der Waals surface area contributed by atoms with Gasteiger partial charge in [0.25, 0.3) is 0 Å². The van der Waals surface area contributed by atoms with Gasteiger partial charge in [-0.05, 0) is 78.8 Å². The number of rotatable bonds is 16. The quantitative estimate of drug-likeness (QED) is 0.0521. The van der Waals surface area contributed by atoms with Gasteiger partial charge in [-0.15, -0.1) is 0 Å². The van der Waals surface area contributed by atoms with Crippen molar-refractivity contribution in [2.45, 2.75) is 71.6 Å². The number of nitriles is 1. The second-order valence-electron chi connectivity index (χ2n) is 12.7. The first kappa shape index (κ1) is 38.6. The molecule has 4 rings (SSSR count). The number of hydrogen-bond acceptors (Lipinski definition) is 10. The van der Waals surface area contributed by atoms with E-state index in [0.29, 0.717) is 47.2 Å². The van der Waals surface area contributed by atoms with Gasteiger partial charge in [0.2, 0.25) is 0 Å². The predicted octanol–water partition coefficient (Wildman–Crippen LogP) is 8.60. The van der Waals surface area contributed by atoms with Crippen molar-refractivity contribution < 1.29 is 28.6 Å². The zero-order chi connectivity index (χ0) is 37.1. The molecule has 1 N–H and O–H groups in total. The average molecular weight is 709 g/mol. The number of anilines is 1. The Morgan fingerprint density at radius 3 is 2.35 bits per heavy atom.